The maximum Gasteiger partial charge on any atom is 0.243 e. The smallest absolute Gasteiger partial charge is 0.243 e. The van der Waals surface area contributed by atoms with Crippen molar-refractivity contribution in [2.45, 2.75) is 38.6 Å². The molecule has 0 spiro atoms. The van der Waals surface area contributed by atoms with E-state index in [4.69, 9.17) is 17.3 Å². The van der Waals surface area contributed by atoms with E-state index in [0.29, 0.717) is 16.9 Å². The molecule has 0 radical (unpaired) electrons. The molecule has 0 aromatic heterocycles. The van der Waals surface area contributed by atoms with E-state index in [-0.39, 0.29) is 5.91 Å². The van der Waals surface area contributed by atoms with E-state index < -0.39 is 5.54 Å². The maximum absolute atomic E-state index is 12.0. The van der Waals surface area contributed by atoms with Gasteiger partial charge < -0.3 is 11.1 Å². The molecule has 1 aliphatic carbocycles. The molecule has 1 fully saturated rings. The van der Waals surface area contributed by atoms with Crippen molar-refractivity contribution >= 4 is 23.2 Å². The number of para-hydroxylation sites is 1. The van der Waals surface area contributed by atoms with Gasteiger partial charge in [0, 0.05) is 0 Å². The Morgan fingerprint density at radius 3 is 2.42 bits per heavy atom. The van der Waals surface area contributed by atoms with Crippen molar-refractivity contribution in [3.8, 4) is 0 Å². The minimum Gasteiger partial charge on any atom is -0.370 e. The zero-order valence-corrected chi connectivity index (χ0v) is 12.2. The molecule has 3 nitrogen and oxygen atoms in total. The van der Waals surface area contributed by atoms with Crippen LogP contribution in [0.5, 0.6) is 0 Å². The van der Waals surface area contributed by atoms with E-state index in [2.05, 4.69) is 19.2 Å². The van der Waals surface area contributed by atoms with Gasteiger partial charge in [0.1, 0.15) is 5.54 Å². The molecule has 19 heavy (non-hydrogen) atoms. The van der Waals surface area contributed by atoms with E-state index >= 15 is 0 Å². The summed E-state index contributed by atoms with van der Waals surface area (Å²) in [5, 5.41) is 3.94. The number of halogens is 1. The molecular formula is C15H21ClN2O. The summed E-state index contributed by atoms with van der Waals surface area (Å²) in [6.45, 7) is 4.34. The van der Waals surface area contributed by atoms with Crippen LogP contribution in [0.15, 0.2) is 24.3 Å². The lowest BCUT2D eigenvalue weighted by Crippen LogP contribution is -2.54. The average Bonchev–Trinajstić information content (AvgIpc) is 2.30. The SMILES string of the molecule is CC1CC(C)CC(Nc2ccccc2Cl)(C(N)=O)C1. The van der Waals surface area contributed by atoms with Crippen LogP contribution in [0.25, 0.3) is 0 Å². The summed E-state index contributed by atoms with van der Waals surface area (Å²) in [5.74, 6) is 0.670. The van der Waals surface area contributed by atoms with Gasteiger partial charge in [-0.1, -0.05) is 37.6 Å². The van der Waals surface area contributed by atoms with E-state index in [1.807, 2.05) is 24.3 Å². The summed E-state index contributed by atoms with van der Waals surface area (Å²) in [5.41, 5.74) is 5.78. The largest absolute Gasteiger partial charge is 0.370 e. The van der Waals surface area contributed by atoms with Crippen LogP contribution in [-0.2, 0) is 4.79 Å². The van der Waals surface area contributed by atoms with Crippen LogP contribution >= 0.6 is 11.6 Å². The maximum atomic E-state index is 12.0. The number of primary amides is 1. The van der Waals surface area contributed by atoms with E-state index in [1.54, 1.807) is 0 Å². The number of hydrogen-bond acceptors (Lipinski definition) is 2. The van der Waals surface area contributed by atoms with Crippen LogP contribution in [0.4, 0.5) is 5.69 Å². The van der Waals surface area contributed by atoms with Crippen LogP contribution in [0.1, 0.15) is 33.1 Å². The summed E-state index contributed by atoms with van der Waals surface area (Å²) in [4.78, 5) is 12.0. The minimum absolute atomic E-state index is 0.286. The Hall–Kier alpha value is -1.22. The molecule has 104 valence electrons. The fourth-order valence-electron chi connectivity index (χ4n) is 3.31. The predicted molar refractivity (Wildman–Crippen MR) is 79.2 cm³/mol. The minimum atomic E-state index is -0.678. The first kappa shape index (κ1) is 14.2. The normalized spacial score (nSPS) is 30.9. The first-order valence-electron chi connectivity index (χ1n) is 6.75. The zero-order chi connectivity index (χ0) is 14.0. The molecule has 2 rings (SSSR count). The second-order valence-corrected chi connectivity index (χ2v) is 6.31. The van der Waals surface area contributed by atoms with Gasteiger partial charge in [-0.3, -0.25) is 4.79 Å². The van der Waals surface area contributed by atoms with E-state index in [0.717, 1.165) is 24.9 Å². The Bertz CT molecular complexity index is 465. The third-order valence-electron chi connectivity index (χ3n) is 3.92. The number of carbonyl (C=O) groups excluding carboxylic acids is 1. The van der Waals surface area contributed by atoms with Gasteiger partial charge in [0.2, 0.25) is 5.91 Å². The highest BCUT2D eigenvalue weighted by Gasteiger charge is 2.43. The van der Waals surface area contributed by atoms with Gasteiger partial charge in [-0.05, 0) is 43.2 Å². The summed E-state index contributed by atoms with van der Waals surface area (Å²) in [7, 11) is 0. The first-order chi connectivity index (χ1) is 8.93. The highest BCUT2D eigenvalue weighted by molar-refractivity contribution is 6.33. The van der Waals surface area contributed by atoms with E-state index in [1.165, 1.54) is 0 Å². The Kier molecular flexibility index (Phi) is 4.04. The Balaban J connectivity index is 2.30. The summed E-state index contributed by atoms with van der Waals surface area (Å²) in [6.07, 6.45) is 2.66. The van der Waals surface area contributed by atoms with Crippen LogP contribution in [0.3, 0.4) is 0 Å². The van der Waals surface area contributed by atoms with Crippen molar-refractivity contribution in [2.24, 2.45) is 17.6 Å². The lowest BCUT2D eigenvalue weighted by Gasteiger charge is -2.42. The predicted octanol–water partition coefficient (Wildman–Crippen LogP) is 3.43. The fraction of sp³-hybridized carbons (Fsp3) is 0.533. The summed E-state index contributed by atoms with van der Waals surface area (Å²) < 4.78 is 0. The van der Waals surface area contributed by atoms with Gasteiger partial charge in [0.15, 0.2) is 0 Å². The molecule has 0 saturated heterocycles. The number of rotatable bonds is 3. The number of carbonyl (C=O) groups is 1. The zero-order valence-electron chi connectivity index (χ0n) is 11.4. The Morgan fingerprint density at radius 1 is 1.32 bits per heavy atom. The molecule has 1 aliphatic rings. The molecule has 3 N–H and O–H groups in total. The number of nitrogens with two attached hydrogens (primary N) is 1. The van der Waals surface area contributed by atoms with Gasteiger partial charge in [0.25, 0.3) is 0 Å². The van der Waals surface area contributed by atoms with Crippen LogP contribution < -0.4 is 11.1 Å². The Morgan fingerprint density at radius 2 is 1.89 bits per heavy atom. The molecule has 4 heteroatoms. The quantitative estimate of drug-likeness (QED) is 0.891. The molecule has 1 saturated carbocycles. The molecule has 1 aromatic carbocycles. The fourth-order valence-corrected chi connectivity index (χ4v) is 3.49. The van der Waals surface area contributed by atoms with Gasteiger partial charge in [-0.2, -0.15) is 0 Å². The van der Waals surface area contributed by atoms with Crippen LogP contribution in [0.2, 0.25) is 5.02 Å². The second-order valence-electron chi connectivity index (χ2n) is 5.91. The van der Waals surface area contributed by atoms with Crippen molar-refractivity contribution in [3.63, 3.8) is 0 Å². The molecule has 0 aliphatic heterocycles. The second kappa shape index (κ2) is 5.41. The lowest BCUT2D eigenvalue weighted by molar-refractivity contribution is -0.124. The highest BCUT2D eigenvalue weighted by atomic mass is 35.5. The van der Waals surface area contributed by atoms with Gasteiger partial charge in [0.05, 0.1) is 10.7 Å². The first-order valence-corrected chi connectivity index (χ1v) is 7.13. The number of amides is 1. The highest BCUT2D eigenvalue weighted by Crippen LogP contribution is 2.39. The summed E-state index contributed by atoms with van der Waals surface area (Å²) >= 11 is 6.17. The third-order valence-corrected chi connectivity index (χ3v) is 4.25. The van der Waals surface area contributed by atoms with Crippen molar-refractivity contribution in [3.05, 3.63) is 29.3 Å². The van der Waals surface area contributed by atoms with Crippen molar-refractivity contribution in [1.82, 2.24) is 0 Å². The van der Waals surface area contributed by atoms with Crippen molar-refractivity contribution in [2.75, 3.05) is 5.32 Å². The molecule has 0 heterocycles. The van der Waals surface area contributed by atoms with Gasteiger partial charge in [-0.15, -0.1) is 0 Å². The van der Waals surface area contributed by atoms with Crippen molar-refractivity contribution < 1.29 is 4.79 Å². The van der Waals surface area contributed by atoms with Crippen LogP contribution in [-0.4, -0.2) is 11.4 Å². The van der Waals surface area contributed by atoms with Gasteiger partial charge in [-0.25, -0.2) is 0 Å². The molecular weight excluding hydrogens is 260 g/mol. The summed E-state index contributed by atoms with van der Waals surface area (Å²) in [6, 6.07) is 7.47. The van der Waals surface area contributed by atoms with Crippen LogP contribution in [0, 0.1) is 11.8 Å². The van der Waals surface area contributed by atoms with E-state index in [9.17, 15) is 4.79 Å². The van der Waals surface area contributed by atoms with Gasteiger partial charge >= 0.3 is 0 Å². The number of anilines is 1. The molecule has 2 unspecified atom stereocenters. The standard InChI is InChI=1S/C15H21ClN2O/c1-10-7-11(2)9-15(8-10,14(17)19)18-13-6-4-3-5-12(13)16/h3-6,10-11,18H,7-9H2,1-2H3,(H2,17,19). The lowest BCUT2D eigenvalue weighted by atomic mass is 9.71. The molecule has 2 atom stereocenters. The third kappa shape index (κ3) is 3.03. The number of benzene rings is 1. The monoisotopic (exact) mass is 280 g/mol. The number of hydrogen-bond donors (Lipinski definition) is 2. The topological polar surface area (TPSA) is 55.1 Å². The molecule has 1 amide bonds. The average molecular weight is 281 g/mol. The number of nitrogens with one attached hydrogen (secondary N) is 1. The molecule has 0 bridgehead atoms. The van der Waals surface area contributed by atoms with Crippen molar-refractivity contribution in [1.29, 1.82) is 0 Å². The Labute approximate surface area is 119 Å². The molecule has 1 aromatic rings.